The molecule has 1 aliphatic heterocycles. The third kappa shape index (κ3) is 2.45. The molecule has 0 aromatic carbocycles. The van der Waals surface area contributed by atoms with Crippen molar-refractivity contribution in [2.75, 3.05) is 0 Å². The average Bonchev–Trinajstić information content (AvgIpc) is 2.33. The first-order valence-corrected chi connectivity index (χ1v) is 7.85. The second-order valence-corrected chi connectivity index (χ2v) is 7.50. The Morgan fingerprint density at radius 2 is 1.85 bits per heavy atom. The summed E-state index contributed by atoms with van der Waals surface area (Å²) < 4.78 is 0. The molecular formula is C16H28N2O2. The Kier molecular flexibility index (Phi) is 3.87. The molecule has 0 aromatic heterocycles. The molecular weight excluding hydrogens is 252 g/mol. The van der Waals surface area contributed by atoms with Crippen LogP contribution >= 0.6 is 0 Å². The smallest absolute Gasteiger partial charge is 0.248 e. The Morgan fingerprint density at radius 1 is 1.20 bits per heavy atom. The Labute approximate surface area is 122 Å². The topological polar surface area (TPSA) is 49.4 Å². The molecule has 4 heteroatoms. The largest absolute Gasteiger partial charge is 0.340 e. The van der Waals surface area contributed by atoms with Crippen LogP contribution in [-0.2, 0) is 9.59 Å². The molecule has 1 N–H and O–H groups in total. The lowest BCUT2D eigenvalue weighted by Gasteiger charge is -2.52. The van der Waals surface area contributed by atoms with Crippen LogP contribution in [-0.4, -0.2) is 34.3 Å². The number of hydrogen-bond donors (Lipinski definition) is 1. The SMILES string of the molecule is CCC1C(=O)NC(C)(C)C(=O)N1C1CCCCC1(C)C. The van der Waals surface area contributed by atoms with Crippen molar-refractivity contribution in [1.29, 1.82) is 0 Å². The van der Waals surface area contributed by atoms with Gasteiger partial charge in [0.2, 0.25) is 11.8 Å². The first kappa shape index (κ1) is 15.3. The monoisotopic (exact) mass is 280 g/mol. The molecule has 1 saturated carbocycles. The third-order valence-corrected chi connectivity index (χ3v) is 5.02. The minimum atomic E-state index is -0.781. The number of amides is 2. The van der Waals surface area contributed by atoms with E-state index in [1.54, 1.807) is 0 Å². The van der Waals surface area contributed by atoms with Gasteiger partial charge in [-0.15, -0.1) is 0 Å². The highest BCUT2D eigenvalue weighted by Gasteiger charge is 2.50. The summed E-state index contributed by atoms with van der Waals surface area (Å²) in [6.07, 6.45) is 5.19. The maximum atomic E-state index is 12.9. The van der Waals surface area contributed by atoms with Crippen LogP contribution in [0.3, 0.4) is 0 Å². The average molecular weight is 280 g/mol. The van der Waals surface area contributed by atoms with Crippen LogP contribution in [0.1, 0.15) is 66.7 Å². The molecule has 0 aromatic rings. The summed E-state index contributed by atoms with van der Waals surface area (Å²) in [6, 6.07) is -0.128. The van der Waals surface area contributed by atoms with E-state index in [2.05, 4.69) is 19.2 Å². The summed E-state index contributed by atoms with van der Waals surface area (Å²) in [5, 5.41) is 2.87. The third-order valence-electron chi connectivity index (χ3n) is 5.02. The molecule has 1 aliphatic carbocycles. The summed E-state index contributed by atoms with van der Waals surface area (Å²) in [5.74, 6) is 0.0717. The molecule has 20 heavy (non-hydrogen) atoms. The van der Waals surface area contributed by atoms with Crippen molar-refractivity contribution in [2.45, 2.75) is 84.3 Å². The predicted octanol–water partition coefficient (Wildman–Crippen LogP) is 2.47. The fourth-order valence-electron chi connectivity index (χ4n) is 3.77. The van der Waals surface area contributed by atoms with E-state index in [0.717, 1.165) is 19.3 Å². The van der Waals surface area contributed by atoms with Crippen LogP contribution in [0.4, 0.5) is 0 Å². The zero-order valence-corrected chi connectivity index (χ0v) is 13.5. The molecule has 0 radical (unpaired) electrons. The van der Waals surface area contributed by atoms with Crippen molar-refractivity contribution in [3.05, 3.63) is 0 Å². The van der Waals surface area contributed by atoms with Crippen molar-refractivity contribution in [2.24, 2.45) is 5.41 Å². The molecule has 0 bridgehead atoms. The Balaban J connectivity index is 2.38. The number of hydrogen-bond acceptors (Lipinski definition) is 2. The van der Waals surface area contributed by atoms with Crippen LogP contribution in [0, 0.1) is 5.41 Å². The molecule has 0 spiro atoms. The van der Waals surface area contributed by atoms with Gasteiger partial charge in [-0.1, -0.05) is 33.6 Å². The molecule has 2 aliphatic rings. The summed E-state index contributed by atoms with van der Waals surface area (Å²) in [4.78, 5) is 27.1. The quantitative estimate of drug-likeness (QED) is 0.844. The molecule has 1 saturated heterocycles. The number of nitrogens with zero attached hydrogens (tertiary/aromatic N) is 1. The maximum Gasteiger partial charge on any atom is 0.248 e. The van der Waals surface area contributed by atoms with Gasteiger partial charge in [-0.25, -0.2) is 0 Å². The van der Waals surface area contributed by atoms with Gasteiger partial charge in [0.15, 0.2) is 0 Å². The van der Waals surface area contributed by atoms with E-state index in [1.165, 1.54) is 6.42 Å². The van der Waals surface area contributed by atoms with Crippen molar-refractivity contribution < 1.29 is 9.59 Å². The van der Waals surface area contributed by atoms with Gasteiger partial charge in [0.1, 0.15) is 11.6 Å². The van der Waals surface area contributed by atoms with Gasteiger partial charge in [0, 0.05) is 6.04 Å². The number of carbonyl (C=O) groups is 2. The fourth-order valence-corrected chi connectivity index (χ4v) is 3.77. The zero-order chi connectivity index (χ0) is 15.1. The lowest BCUT2D eigenvalue weighted by molar-refractivity contribution is -0.161. The Morgan fingerprint density at radius 3 is 2.40 bits per heavy atom. The summed E-state index contributed by atoms with van der Waals surface area (Å²) in [5.41, 5.74) is -0.689. The molecule has 2 atom stereocenters. The van der Waals surface area contributed by atoms with Crippen molar-refractivity contribution in [1.82, 2.24) is 10.2 Å². The van der Waals surface area contributed by atoms with Crippen LogP contribution in [0.5, 0.6) is 0 Å². The van der Waals surface area contributed by atoms with Gasteiger partial charge in [0.25, 0.3) is 0 Å². The number of rotatable bonds is 2. The minimum absolute atomic E-state index is 0.00141. The van der Waals surface area contributed by atoms with Gasteiger partial charge in [0.05, 0.1) is 0 Å². The normalized spacial score (nSPS) is 33.0. The molecule has 114 valence electrons. The van der Waals surface area contributed by atoms with E-state index in [0.29, 0.717) is 6.42 Å². The molecule has 4 nitrogen and oxygen atoms in total. The highest BCUT2D eigenvalue weighted by atomic mass is 16.2. The van der Waals surface area contributed by atoms with E-state index in [4.69, 9.17) is 0 Å². The number of nitrogens with one attached hydrogen (secondary N) is 1. The lowest BCUT2D eigenvalue weighted by Crippen LogP contribution is -2.71. The molecule has 2 unspecified atom stereocenters. The second-order valence-electron chi connectivity index (χ2n) is 7.50. The second kappa shape index (κ2) is 5.05. The standard InChI is InChI=1S/C16H28N2O2/c1-6-11-13(19)17-16(4,5)14(20)18(11)12-9-7-8-10-15(12,2)3/h11-12H,6-10H2,1-5H3,(H,17,19). The Bertz CT molecular complexity index is 415. The molecule has 2 amide bonds. The van der Waals surface area contributed by atoms with Crippen LogP contribution in [0.25, 0.3) is 0 Å². The highest BCUT2D eigenvalue weighted by Crippen LogP contribution is 2.41. The van der Waals surface area contributed by atoms with Crippen LogP contribution in [0.2, 0.25) is 0 Å². The van der Waals surface area contributed by atoms with Crippen molar-refractivity contribution >= 4 is 11.8 Å². The van der Waals surface area contributed by atoms with Gasteiger partial charge in [-0.05, 0) is 38.5 Å². The van der Waals surface area contributed by atoms with Crippen molar-refractivity contribution in [3.63, 3.8) is 0 Å². The first-order valence-electron chi connectivity index (χ1n) is 7.85. The summed E-state index contributed by atoms with van der Waals surface area (Å²) in [6.45, 7) is 10.1. The fraction of sp³-hybridized carbons (Fsp3) is 0.875. The minimum Gasteiger partial charge on any atom is -0.340 e. The van der Waals surface area contributed by atoms with E-state index >= 15 is 0 Å². The predicted molar refractivity (Wildman–Crippen MR) is 79.2 cm³/mol. The van der Waals surface area contributed by atoms with E-state index < -0.39 is 5.54 Å². The molecule has 2 fully saturated rings. The van der Waals surface area contributed by atoms with E-state index in [-0.39, 0.29) is 29.3 Å². The van der Waals surface area contributed by atoms with Crippen LogP contribution < -0.4 is 5.32 Å². The van der Waals surface area contributed by atoms with Gasteiger partial charge < -0.3 is 10.2 Å². The maximum absolute atomic E-state index is 12.9. The Hall–Kier alpha value is -1.06. The molecule has 1 heterocycles. The van der Waals surface area contributed by atoms with Gasteiger partial charge >= 0.3 is 0 Å². The summed E-state index contributed by atoms with van der Waals surface area (Å²) >= 11 is 0. The van der Waals surface area contributed by atoms with Crippen LogP contribution in [0.15, 0.2) is 0 Å². The number of piperazine rings is 1. The zero-order valence-electron chi connectivity index (χ0n) is 13.5. The number of carbonyl (C=O) groups excluding carboxylic acids is 2. The van der Waals surface area contributed by atoms with E-state index in [1.807, 2.05) is 25.7 Å². The van der Waals surface area contributed by atoms with E-state index in [9.17, 15) is 9.59 Å². The van der Waals surface area contributed by atoms with Gasteiger partial charge in [-0.2, -0.15) is 0 Å². The molecule has 2 rings (SSSR count). The lowest BCUT2D eigenvalue weighted by atomic mass is 9.71. The summed E-state index contributed by atoms with van der Waals surface area (Å²) in [7, 11) is 0. The van der Waals surface area contributed by atoms with Crippen molar-refractivity contribution in [3.8, 4) is 0 Å². The first-order chi connectivity index (χ1) is 9.20. The highest BCUT2D eigenvalue weighted by molar-refractivity contribution is 5.99. The van der Waals surface area contributed by atoms with Gasteiger partial charge in [-0.3, -0.25) is 9.59 Å².